The SMILES string of the molecule is CC(C)n1nccc1-c1cccc(OC(F)(F)F)c1C=O. The first-order valence-corrected chi connectivity index (χ1v) is 6.21. The summed E-state index contributed by atoms with van der Waals surface area (Å²) in [5.41, 5.74) is 0.745. The van der Waals surface area contributed by atoms with Gasteiger partial charge in [-0.1, -0.05) is 12.1 Å². The highest BCUT2D eigenvalue weighted by atomic mass is 19.4. The summed E-state index contributed by atoms with van der Waals surface area (Å²) in [6.07, 6.45) is -2.97. The van der Waals surface area contributed by atoms with Crippen LogP contribution in [0, 0.1) is 0 Å². The van der Waals surface area contributed by atoms with Gasteiger partial charge in [-0.25, -0.2) is 0 Å². The highest BCUT2D eigenvalue weighted by molar-refractivity contribution is 5.90. The number of aromatic nitrogens is 2. The summed E-state index contributed by atoms with van der Waals surface area (Å²) >= 11 is 0. The Kier molecular flexibility index (Phi) is 4.02. The maximum atomic E-state index is 12.4. The molecule has 2 rings (SSSR count). The summed E-state index contributed by atoms with van der Waals surface area (Å²) in [4.78, 5) is 11.2. The van der Waals surface area contributed by atoms with Crippen LogP contribution in [0.1, 0.15) is 30.2 Å². The Balaban J connectivity index is 2.57. The van der Waals surface area contributed by atoms with Gasteiger partial charge in [0.15, 0.2) is 6.29 Å². The first-order valence-electron chi connectivity index (χ1n) is 6.21. The zero-order chi connectivity index (χ0) is 15.6. The molecular weight excluding hydrogens is 285 g/mol. The van der Waals surface area contributed by atoms with Crippen molar-refractivity contribution in [1.82, 2.24) is 9.78 Å². The largest absolute Gasteiger partial charge is 0.573 e. The van der Waals surface area contributed by atoms with Gasteiger partial charge in [0, 0.05) is 17.8 Å². The summed E-state index contributed by atoms with van der Waals surface area (Å²) in [5, 5.41) is 4.11. The molecule has 112 valence electrons. The van der Waals surface area contributed by atoms with E-state index >= 15 is 0 Å². The average molecular weight is 298 g/mol. The Morgan fingerprint density at radius 1 is 1.29 bits per heavy atom. The van der Waals surface area contributed by atoms with E-state index in [1.807, 2.05) is 13.8 Å². The minimum Gasteiger partial charge on any atom is -0.405 e. The summed E-state index contributed by atoms with van der Waals surface area (Å²) in [6.45, 7) is 3.76. The van der Waals surface area contributed by atoms with Gasteiger partial charge < -0.3 is 4.74 Å². The van der Waals surface area contributed by atoms with Crippen LogP contribution in [0.5, 0.6) is 5.75 Å². The van der Waals surface area contributed by atoms with E-state index in [0.29, 0.717) is 17.5 Å². The van der Waals surface area contributed by atoms with Crippen LogP contribution in [0.4, 0.5) is 13.2 Å². The summed E-state index contributed by atoms with van der Waals surface area (Å²) in [5.74, 6) is -0.522. The van der Waals surface area contributed by atoms with Crippen molar-refractivity contribution in [3.8, 4) is 17.0 Å². The molecule has 0 aliphatic heterocycles. The second kappa shape index (κ2) is 5.59. The highest BCUT2D eigenvalue weighted by Crippen LogP contribution is 2.33. The molecule has 7 heteroatoms. The molecule has 0 amide bonds. The molecule has 0 fully saturated rings. The van der Waals surface area contributed by atoms with Crippen molar-refractivity contribution in [2.75, 3.05) is 0 Å². The van der Waals surface area contributed by atoms with Crippen molar-refractivity contribution in [1.29, 1.82) is 0 Å². The number of alkyl halides is 3. The van der Waals surface area contributed by atoms with Crippen LogP contribution in [0.3, 0.4) is 0 Å². The van der Waals surface area contributed by atoms with Gasteiger partial charge in [-0.05, 0) is 26.0 Å². The van der Waals surface area contributed by atoms with Crippen molar-refractivity contribution < 1.29 is 22.7 Å². The van der Waals surface area contributed by atoms with Gasteiger partial charge in [0.05, 0.1) is 11.3 Å². The Labute approximate surface area is 119 Å². The number of nitrogens with zero attached hydrogens (tertiary/aromatic N) is 2. The number of aldehydes is 1. The molecule has 0 unspecified atom stereocenters. The standard InChI is InChI=1S/C14H13F3N2O2/c1-9(2)19-12(6-7-18-19)10-4-3-5-13(11(10)8-20)21-14(15,16)17/h3-9H,1-2H3. The molecular formula is C14H13F3N2O2. The van der Waals surface area contributed by atoms with E-state index in [2.05, 4.69) is 9.84 Å². The molecule has 1 heterocycles. The molecule has 0 saturated heterocycles. The van der Waals surface area contributed by atoms with E-state index in [4.69, 9.17) is 0 Å². The number of hydrogen-bond donors (Lipinski definition) is 0. The van der Waals surface area contributed by atoms with E-state index in [0.717, 1.165) is 6.07 Å². The van der Waals surface area contributed by atoms with Crippen molar-refractivity contribution in [3.05, 3.63) is 36.0 Å². The predicted molar refractivity (Wildman–Crippen MR) is 70.1 cm³/mol. The Morgan fingerprint density at radius 3 is 2.57 bits per heavy atom. The molecule has 0 saturated carbocycles. The van der Waals surface area contributed by atoms with Crippen LogP contribution in [0.25, 0.3) is 11.3 Å². The summed E-state index contributed by atoms with van der Waals surface area (Å²) in [6, 6.07) is 5.71. The fourth-order valence-electron chi connectivity index (χ4n) is 2.04. The van der Waals surface area contributed by atoms with Crippen LogP contribution in [0.15, 0.2) is 30.5 Å². The van der Waals surface area contributed by atoms with E-state index in [1.54, 1.807) is 16.8 Å². The second-order valence-corrected chi connectivity index (χ2v) is 4.64. The molecule has 0 bridgehead atoms. The molecule has 0 aliphatic carbocycles. The highest BCUT2D eigenvalue weighted by Gasteiger charge is 2.32. The van der Waals surface area contributed by atoms with Gasteiger partial charge in [0.1, 0.15) is 5.75 Å². The first-order chi connectivity index (χ1) is 9.83. The van der Waals surface area contributed by atoms with Gasteiger partial charge in [-0.3, -0.25) is 9.48 Å². The molecule has 0 radical (unpaired) electrons. The zero-order valence-corrected chi connectivity index (χ0v) is 11.4. The Bertz CT molecular complexity index is 648. The van der Waals surface area contributed by atoms with E-state index < -0.39 is 12.1 Å². The quantitative estimate of drug-likeness (QED) is 0.805. The predicted octanol–water partition coefficient (Wildman–Crippen LogP) is 3.84. The van der Waals surface area contributed by atoms with Gasteiger partial charge in [-0.15, -0.1) is 13.2 Å². The normalized spacial score (nSPS) is 11.7. The molecule has 0 N–H and O–H groups in total. The minimum absolute atomic E-state index is 0.00157. The lowest BCUT2D eigenvalue weighted by Gasteiger charge is -2.15. The lowest BCUT2D eigenvalue weighted by molar-refractivity contribution is -0.274. The van der Waals surface area contributed by atoms with Gasteiger partial charge in [-0.2, -0.15) is 5.10 Å². The number of benzene rings is 1. The zero-order valence-electron chi connectivity index (χ0n) is 11.4. The minimum atomic E-state index is -4.85. The van der Waals surface area contributed by atoms with Crippen LogP contribution in [-0.4, -0.2) is 22.4 Å². The fraction of sp³-hybridized carbons (Fsp3) is 0.286. The lowest BCUT2D eigenvalue weighted by Crippen LogP contribution is -2.18. The monoisotopic (exact) mass is 298 g/mol. The molecule has 0 aliphatic rings. The smallest absolute Gasteiger partial charge is 0.405 e. The molecule has 0 spiro atoms. The maximum absolute atomic E-state index is 12.4. The molecule has 0 atom stereocenters. The number of rotatable bonds is 4. The third kappa shape index (κ3) is 3.24. The molecule has 1 aromatic carbocycles. The number of hydrogen-bond acceptors (Lipinski definition) is 3. The fourth-order valence-corrected chi connectivity index (χ4v) is 2.04. The maximum Gasteiger partial charge on any atom is 0.573 e. The summed E-state index contributed by atoms with van der Waals surface area (Å²) in [7, 11) is 0. The van der Waals surface area contributed by atoms with Gasteiger partial charge in [0.25, 0.3) is 0 Å². The average Bonchev–Trinajstić information content (AvgIpc) is 2.85. The first kappa shape index (κ1) is 15.1. The summed E-state index contributed by atoms with van der Waals surface area (Å²) < 4.78 is 42.7. The van der Waals surface area contributed by atoms with Gasteiger partial charge in [0.2, 0.25) is 0 Å². The van der Waals surface area contributed by atoms with Crippen LogP contribution in [-0.2, 0) is 0 Å². The topological polar surface area (TPSA) is 44.1 Å². The van der Waals surface area contributed by atoms with Crippen molar-refractivity contribution in [2.45, 2.75) is 26.3 Å². The second-order valence-electron chi connectivity index (χ2n) is 4.64. The van der Waals surface area contributed by atoms with E-state index in [1.165, 1.54) is 12.3 Å². The van der Waals surface area contributed by atoms with Crippen LogP contribution in [0.2, 0.25) is 0 Å². The van der Waals surface area contributed by atoms with E-state index in [9.17, 15) is 18.0 Å². The number of carbonyl (C=O) groups is 1. The third-order valence-electron chi connectivity index (χ3n) is 2.85. The van der Waals surface area contributed by atoms with Crippen LogP contribution >= 0.6 is 0 Å². The molecule has 1 aromatic heterocycles. The lowest BCUT2D eigenvalue weighted by atomic mass is 10.0. The third-order valence-corrected chi connectivity index (χ3v) is 2.85. The number of halogens is 3. The van der Waals surface area contributed by atoms with Crippen molar-refractivity contribution in [3.63, 3.8) is 0 Å². The van der Waals surface area contributed by atoms with Gasteiger partial charge >= 0.3 is 6.36 Å². The number of ether oxygens (including phenoxy) is 1. The molecule has 4 nitrogen and oxygen atoms in total. The number of carbonyl (C=O) groups excluding carboxylic acids is 1. The van der Waals surface area contributed by atoms with E-state index in [-0.39, 0.29) is 11.6 Å². The van der Waals surface area contributed by atoms with Crippen molar-refractivity contribution >= 4 is 6.29 Å². The Morgan fingerprint density at radius 2 is 2.00 bits per heavy atom. The van der Waals surface area contributed by atoms with Crippen molar-refractivity contribution in [2.24, 2.45) is 0 Å². The Hall–Kier alpha value is -2.31. The molecule has 2 aromatic rings. The van der Waals surface area contributed by atoms with Crippen LogP contribution < -0.4 is 4.74 Å². The molecule has 21 heavy (non-hydrogen) atoms.